The van der Waals surface area contributed by atoms with E-state index in [9.17, 15) is 4.79 Å². The summed E-state index contributed by atoms with van der Waals surface area (Å²) >= 11 is 0. The summed E-state index contributed by atoms with van der Waals surface area (Å²) in [6.07, 6.45) is 3.58. The highest BCUT2D eigenvalue weighted by Gasteiger charge is 2.13. The van der Waals surface area contributed by atoms with E-state index in [-0.39, 0.29) is 5.91 Å². The van der Waals surface area contributed by atoms with Gasteiger partial charge in [-0.3, -0.25) is 9.48 Å². The molecular weight excluding hydrogens is 302 g/mol. The molecule has 6 heteroatoms. The van der Waals surface area contributed by atoms with Crippen molar-refractivity contribution in [2.24, 2.45) is 0 Å². The zero-order chi connectivity index (χ0) is 17.3. The van der Waals surface area contributed by atoms with Gasteiger partial charge >= 0.3 is 0 Å². The summed E-state index contributed by atoms with van der Waals surface area (Å²) in [6.45, 7) is 8.60. The number of aromatic nitrogens is 4. The van der Waals surface area contributed by atoms with Crippen LogP contribution in [0.25, 0.3) is 5.69 Å². The van der Waals surface area contributed by atoms with Crippen LogP contribution in [0.2, 0.25) is 0 Å². The van der Waals surface area contributed by atoms with Crippen LogP contribution in [0.3, 0.4) is 0 Å². The monoisotopic (exact) mass is 323 g/mol. The van der Waals surface area contributed by atoms with Gasteiger partial charge in [0.2, 0.25) is 0 Å². The van der Waals surface area contributed by atoms with Crippen LogP contribution in [0.15, 0.2) is 36.8 Å². The van der Waals surface area contributed by atoms with Crippen LogP contribution in [0, 0.1) is 20.8 Å². The maximum absolute atomic E-state index is 12.4. The first-order valence-electron chi connectivity index (χ1n) is 7.96. The van der Waals surface area contributed by atoms with Gasteiger partial charge in [-0.1, -0.05) is 0 Å². The summed E-state index contributed by atoms with van der Waals surface area (Å²) in [7, 11) is 0. The molecule has 0 aliphatic heterocycles. The van der Waals surface area contributed by atoms with Crippen LogP contribution in [-0.2, 0) is 6.54 Å². The highest BCUT2D eigenvalue weighted by molar-refractivity contribution is 6.04. The van der Waals surface area contributed by atoms with Gasteiger partial charge in [0.25, 0.3) is 5.91 Å². The summed E-state index contributed by atoms with van der Waals surface area (Å²) in [6, 6.07) is 7.71. The zero-order valence-corrected chi connectivity index (χ0v) is 14.4. The number of amides is 1. The Morgan fingerprint density at radius 3 is 2.38 bits per heavy atom. The second-order valence-electron chi connectivity index (χ2n) is 5.77. The molecule has 24 heavy (non-hydrogen) atoms. The molecule has 0 unspecified atom stereocenters. The van der Waals surface area contributed by atoms with E-state index < -0.39 is 0 Å². The summed E-state index contributed by atoms with van der Waals surface area (Å²) in [5, 5.41) is 7.22. The molecular formula is C18H21N5O. The fraction of sp³-hybridized carbons (Fsp3) is 0.278. The number of anilines is 1. The number of aryl methyl sites for hydroxylation is 3. The van der Waals surface area contributed by atoms with E-state index in [4.69, 9.17) is 0 Å². The maximum Gasteiger partial charge on any atom is 0.259 e. The van der Waals surface area contributed by atoms with Crippen LogP contribution in [-0.4, -0.2) is 25.2 Å². The first-order chi connectivity index (χ1) is 11.5. The van der Waals surface area contributed by atoms with Crippen molar-refractivity contribution in [2.45, 2.75) is 34.2 Å². The molecule has 0 radical (unpaired) electrons. The third-order valence-corrected chi connectivity index (χ3v) is 4.17. The molecule has 2 aromatic heterocycles. The van der Waals surface area contributed by atoms with Crippen molar-refractivity contribution in [2.75, 3.05) is 5.32 Å². The third kappa shape index (κ3) is 2.95. The van der Waals surface area contributed by atoms with E-state index in [1.807, 2.05) is 56.5 Å². The summed E-state index contributed by atoms with van der Waals surface area (Å²) in [5.74, 6) is -0.144. The Morgan fingerprint density at radius 2 is 1.83 bits per heavy atom. The molecule has 2 heterocycles. The lowest BCUT2D eigenvalue weighted by Crippen LogP contribution is -2.12. The van der Waals surface area contributed by atoms with Crippen molar-refractivity contribution in [1.29, 1.82) is 0 Å². The largest absolute Gasteiger partial charge is 0.322 e. The number of carbonyl (C=O) groups is 1. The van der Waals surface area contributed by atoms with Crippen molar-refractivity contribution in [3.8, 4) is 5.69 Å². The Kier molecular flexibility index (Phi) is 4.20. The molecule has 6 nitrogen and oxygen atoms in total. The van der Waals surface area contributed by atoms with E-state index in [2.05, 4.69) is 15.4 Å². The van der Waals surface area contributed by atoms with Crippen molar-refractivity contribution in [3.05, 3.63) is 59.4 Å². The van der Waals surface area contributed by atoms with Gasteiger partial charge in [-0.05, 0) is 52.0 Å². The summed E-state index contributed by atoms with van der Waals surface area (Å²) in [5.41, 5.74) is 5.21. The lowest BCUT2D eigenvalue weighted by atomic mass is 10.2. The molecule has 1 aromatic carbocycles. The van der Waals surface area contributed by atoms with Crippen LogP contribution in [0.5, 0.6) is 0 Å². The van der Waals surface area contributed by atoms with Gasteiger partial charge in [0.1, 0.15) is 0 Å². The normalized spacial score (nSPS) is 10.8. The van der Waals surface area contributed by atoms with Crippen molar-refractivity contribution < 1.29 is 4.79 Å². The van der Waals surface area contributed by atoms with Gasteiger partial charge < -0.3 is 9.88 Å². The second kappa shape index (κ2) is 6.31. The molecule has 0 aliphatic rings. The van der Waals surface area contributed by atoms with Crippen LogP contribution < -0.4 is 5.32 Å². The average Bonchev–Trinajstić information content (AvgIpc) is 3.12. The van der Waals surface area contributed by atoms with Crippen molar-refractivity contribution in [1.82, 2.24) is 19.3 Å². The number of hydrogen-bond donors (Lipinski definition) is 1. The molecule has 0 fully saturated rings. The number of nitrogens with one attached hydrogen (secondary N) is 1. The maximum atomic E-state index is 12.4. The lowest BCUT2D eigenvalue weighted by molar-refractivity contribution is 0.102. The minimum atomic E-state index is -0.144. The second-order valence-corrected chi connectivity index (χ2v) is 5.77. The van der Waals surface area contributed by atoms with Gasteiger partial charge in [0.05, 0.1) is 23.3 Å². The SMILES string of the molecule is CCn1cc(C(=O)Nc2ccc(-n3cnc(C)c3C)cc2)c(C)n1. The Balaban J connectivity index is 1.77. The molecule has 3 rings (SSSR count). The minimum absolute atomic E-state index is 0.144. The molecule has 3 aromatic rings. The van der Waals surface area contributed by atoms with Crippen LogP contribution in [0.1, 0.15) is 34.4 Å². The van der Waals surface area contributed by atoms with Crippen molar-refractivity contribution >= 4 is 11.6 Å². The molecule has 0 saturated carbocycles. The van der Waals surface area contributed by atoms with E-state index in [1.165, 1.54) is 0 Å². The standard InChI is InChI=1S/C18H21N5O/c1-5-22-10-17(13(3)21-22)18(24)20-15-6-8-16(9-7-15)23-11-19-12(2)14(23)4/h6-11H,5H2,1-4H3,(H,20,24). The zero-order valence-electron chi connectivity index (χ0n) is 14.4. The van der Waals surface area contributed by atoms with E-state index in [1.54, 1.807) is 17.2 Å². The number of carbonyl (C=O) groups excluding carboxylic acids is 1. The predicted molar refractivity (Wildman–Crippen MR) is 93.6 cm³/mol. The summed E-state index contributed by atoms with van der Waals surface area (Å²) in [4.78, 5) is 16.7. The highest BCUT2D eigenvalue weighted by Crippen LogP contribution is 2.17. The Labute approximate surface area is 141 Å². The van der Waals surface area contributed by atoms with Crippen LogP contribution >= 0.6 is 0 Å². The van der Waals surface area contributed by atoms with Crippen LogP contribution in [0.4, 0.5) is 5.69 Å². The quantitative estimate of drug-likeness (QED) is 0.801. The first-order valence-corrected chi connectivity index (χ1v) is 7.96. The molecule has 1 N–H and O–H groups in total. The van der Waals surface area contributed by atoms with Gasteiger partial charge in [-0.2, -0.15) is 5.10 Å². The number of benzene rings is 1. The highest BCUT2D eigenvalue weighted by atomic mass is 16.1. The smallest absolute Gasteiger partial charge is 0.259 e. The van der Waals surface area contributed by atoms with E-state index in [0.29, 0.717) is 5.56 Å². The van der Waals surface area contributed by atoms with E-state index in [0.717, 1.165) is 35.0 Å². The third-order valence-electron chi connectivity index (χ3n) is 4.17. The minimum Gasteiger partial charge on any atom is -0.322 e. The average molecular weight is 323 g/mol. The number of hydrogen-bond acceptors (Lipinski definition) is 3. The van der Waals surface area contributed by atoms with Gasteiger partial charge in [0, 0.05) is 29.8 Å². The number of imidazole rings is 1. The number of rotatable bonds is 4. The molecule has 0 bridgehead atoms. The lowest BCUT2D eigenvalue weighted by Gasteiger charge is -2.08. The Bertz CT molecular complexity index is 873. The molecule has 0 aliphatic carbocycles. The van der Waals surface area contributed by atoms with E-state index >= 15 is 0 Å². The Hall–Kier alpha value is -2.89. The van der Waals surface area contributed by atoms with Crippen molar-refractivity contribution in [3.63, 3.8) is 0 Å². The molecule has 0 saturated heterocycles. The molecule has 0 atom stereocenters. The molecule has 1 amide bonds. The number of nitrogens with zero attached hydrogens (tertiary/aromatic N) is 4. The van der Waals surface area contributed by atoms with Gasteiger partial charge in [-0.15, -0.1) is 0 Å². The fourth-order valence-electron chi connectivity index (χ4n) is 2.57. The fourth-order valence-corrected chi connectivity index (χ4v) is 2.57. The topological polar surface area (TPSA) is 64.7 Å². The van der Waals surface area contributed by atoms with Gasteiger partial charge in [0.15, 0.2) is 0 Å². The molecule has 124 valence electrons. The summed E-state index contributed by atoms with van der Waals surface area (Å²) < 4.78 is 3.79. The predicted octanol–water partition coefficient (Wildman–Crippen LogP) is 3.27. The van der Waals surface area contributed by atoms with Gasteiger partial charge in [-0.25, -0.2) is 4.98 Å². The molecule has 0 spiro atoms. The Morgan fingerprint density at radius 1 is 1.12 bits per heavy atom. The first kappa shape index (κ1) is 16.0.